The fourth-order valence-corrected chi connectivity index (χ4v) is 5.74. The molecule has 0 amide bonds. The first kappa shape index (κ1) is 35.3. The molecule has 1 aromatic carbocycles. The van der Waals surface area contributed by atoms with Crippen molar-refractivity contribution in [3.63, 3.8) is 0 Å². The van der Waals surface area contributed by atoms with Gasteiger partial charge in [-0.05, 0) is 18.4 Å². The van der Waals surface area contributed by atoms with Gasteiger partial charge >= 0.3 is 11.7 Å². The molecule has 0 bridgehead atoms. The summed E-state index contributed by atoms with van der Waals surface area (Å²) in [7, 11) is -4.51. The summed E-state index contributed by atoms with van der Waals surface area (Å²) in [5, 5.41) is 20.6. The Kier molecular flexibility index (Phi) is 13.9. The van der Waals surface area contributed by atoms with E-state index in [0.29, 0.717) is 12.8 Å². The van der Waals surface area contributed by atoms with Crippen molar-refractivity contribution in [2.75, 3.05) is 19.0 Å². The summed E-state index contributed by atoms with van der Waals surface area (Å²) in [6.45, 7) is 1.10. The summed E-state index contributed by atoms with van der Waals surface area (Å²) in [5.74, 6) is -2.96. The highest BCUT2D eigenvalue weighted by atomic mass is 32.2. The van der Waals surface area contributed by atoms with Crippen LogP contribution in [0.15, 0.2) is 52.2 Å². The molecule has 0 saturated carbocycles. The summed E-state index contributed by atoms with van der Waals surface area (Å²) >= 11 is 0. The molecule has 1 unspecified atom stereocenters. The SMILES string of the molecule is CCCCCCCCCC(=O)C(COC(=O)CS(=O)(=O)OC[C@H]1O[C@@H](n2ccc(=O)[nH]c2=O)[C@H](O)[C@@H]1O)Cc1ccccc1. The van der Waals surface area contributed by atoms with Crippen molar-refractivity contribution in [3.8, 4) is 0 Å². The van der Waals surface area contributed by atoms with E-state index in [1.165, 1.54) is 12.8 Å². The summed E-state index contributed by atoms with van der Waals surface area (Å²) in [5.41, 5.74) is -0.699. The number of H-pyrrole nitrogens is 1. The van der Waals surface area contributed by atoms with Crippen LogP contribution in [0.2, 0.25) is 0 Å². The van der Waals surface area contributed by atoms with Crippen molar-refractivity contribution in [2.45, 2.75) is 89.3 Å². The third-order valence-electron chi connectivity index (χ3n) is 7.42. The third-order valence-corrected chi connectivity index (χ3v) is 8.51. The predicted molar refractivity (Wildman–Crippen MR) is 159 cm³/mol. The maximum Gasteiger partial charge on any atom is 0.330 e. The maximum atomic E-state index is 13.0. The monoisotopic (exact) mass is 638 g/mol. The second-order valence-corrected chi connectivity index (χ2v) is 12.6. The summed E-state index contributed by atoms with van der Waals surface area (Å²) < 4.78 is 41.3. The smallest absolute Gasteiger partial charge is 0.330 e. The molecule has 3 N–H and O–H groups in total. The Morgan fingerprint density at radius 3 is 2.36 bits per heavy atom. The summed E-state index contributed by atoms with van der Waals surface area (Å²) in [6.07, 6.45) is 3.05. The van der Waals surface area contributed by atoms with Gasteiger partial charge in [0.15, 0.2) is 12.0 Å². The fraction of sp³-hybridized carbons (Fsp3) is 0.600. The third kappa shape index (κ3) is 11.1. The Morgan fingerprint density at radius 2 is 1.68 bits per heavy atom. The highest BCUT2D eigenvalue weighted by Gasteiger charge is 2.45. The van der Waals surface area contributed by atoms with Crippen LogP contribution in [0.5, 0.6) is 0 Å². The highest BCUT2D eigenvalue weighted by molar-refractivity contribution is 7.87. The van der Waals surface area contributed by atoms with Gasteiger partial charge < -0.3 is 19.7 Å². The maximum absolute atomic E-state index is 13.0. The molecule has 2 heterocycles. The van der Waals surface area contributed by atoms with Crippen molar-refractivity contribution in [1.82, 2.24) is 9.55 Å². The van der Waals surface area contributed by atoms with Gasteiger partial charge in [-0.2, -0.15) is 8.42 Å². The lowest BCUT2D eigenvalue weighted by atomic mass is 9.92. The number of ether oxygens (including phenoxy) is 2. The Labute approximate surface area is 256 Å². The largest absolute Gasteiger partial charge is 0.464 e. The van der Waals surface area contributed by atoms with Crippen LogP contribution in [-0.4, -0.2) is 77.2 Å². The van der Waals surface area contributed by atoms with Gasteiger partial charge in [-0.1, -0.05) is 75.8 Å². The number of nitrogens with zero attached hydrogens (tertiary/aromatic N) is 1. The van der Waals surface area contributed by atoms with E-state index >= 15 is 0 Å². The number of hydrogen-bond acceptors (Lipinski definition) is 11. The molecular formula is C30H42N2O11S. The van der Waals surface area contributed by atoms with E-state index in [9.17, 15) is 37.8 Å². The molecule has 2 aromatic rings. The van der Waals surface area contributed by atoms with Gasteiger partial charge in [0.05, 0.1) is 12.5 Å². The van der Waals surface area contributed by atoms with Crippen LogP contribution in [0.25, 0.3) is 0 Å². The van der Waals surface area contributed by atoms with Gasteiger partial charge in [-0.3, -0.25) is 28.1 Å². The van der Waals surface area contributed by atoms with Crippen LogP contribution in [-0.2, 0) is 39.8 Å². The standard InChI is InChI=1S/C30H42N2O11S/c1-2-3-4-5-6-7-11-14-23(33)22(17-21-12-9-8-10-13-21)18-41-26(35)20-44(39,40)42-19-24-27(36)28(37)29(43-24)32-16-15-25(34)31-30(32)38/h8-10,12-13,15-16,22,24,27-29,36-37H,2-7,11,14,17-20H2,1H3,(H,31,34,38)/t22?,24-,27-,28-,29-/m1/s1. The number of aromatic amines is 1. The van der Waals surface area contributed by atoms with Gasteiger partial charge in [0.1, 0.15) is 30.7 Å². The number of carbonyl (C=O) groups excluding carboxylic acids is 2. The minimum absolute atomic E-state index is 0.0589. The Morgan fingerprint density at radius 1 is 1.00 bits per heavy atom. The number of aromatic nitrogens is 2. The van der Waals surface area contributed by atoms with E-state index in [1.807, 2.05) is 35.3 Å². The van der Waals surface area contributed by atoms with Crippen LogP contribution in [0.4, 0.5) is 0 Å². The van der Waals surface area contributed by atoms with E-state index in [0.717, 1.165) is 54.5 Å². The quantitative estimate of drug-likeness (QED) is 0.115. The molecule has 13 nitrogen and oxygen atoms in total. The van der Waals surface area contributed by atoms with Crippen LogP contribution >= 0.6 is 0 Å². The van der Waals surface area contributed by atoms with Crippen molar-refractivity contribution in [2.24, 2.45) is 5.92 Å². The minimum atomic E-state index is -4.51. The number of rotatable bonds is 19. The Bertz CT molecular complexity index is 1420. The van der Waals surface area contributed by atoms with Crippen LogP contribution in [0, 0.1) is 5.92 Å². The number of carbonyl (C=O) groups is 2. The zero-order valence-electron chi connectivity index (χ0n) is 24.8. The van der Waals surface area contributed by atoms with Gasteiger partial charge in [-0.25, -0.2) is 4.79 Å². The molecule has 44 heavy (non-hydrogen) atoms. The van der Waals surface area contributed by atoms with Crippen molar-refractivity contribution in [1.29, 1.82) is 0 Å². The lowest BCUT2D eigenvalue weighted by Gasteiger charge is -2.17. The number of esters is 1. The molecule has 3 rings (SSSR count). The van der Waals surface area contributed by atoms with E-state index in [4.69, 9.17) is 13.7 Å². The number of hydrogen-bond donors (Lipinski definition) is 3. The first-order valence-corrected chi connectivity index (χ1v) is 16.5. The number of ketones is 1. The second kappa shape index (κ2) is 17.4. The van der Waals surface area contributed by atoms with Gasteiger partial charge in [0, 0.05) is 18.7 Å². The van der Waals surface area contributed by atoms with Gasteiger partial charge in [0.2, 0.25) is 0 Å². The number of aliphatic hydroxyl groups excluding tert-OH is 2. The molecule has 0 spiro atoms. The highest BCUT2D eigenvalue weighted by Crippen LogP contribution is 2.28. The minimum Gasteiger partial charge on any atom is -0.464 e. The molecule has 0 aliphatic carbocycles. The molecule has 244 valence electrons. The number of benzene rings is 1. The predicted octanol–water partition coefficient (Wildman–Crippen LogP) is 1.61. The second-order valence-electron chi connectivity index (χ2n) is 11.0. The Hall–Kier alpha value is -3.17. The lowest BCUT2D eigenvalue weighted by molar-refractivity contribution is -0.143. The van der Waals surface area contributed by atoms with Crippen molar-refractivity contribution in [3.05, 3.63) is 69.0 Å². The molecule has 1 aliphatic rings. The molecule has 0 radical (unpaired) electrons. The molecule has 5 atom stereocenters. The molecule has 1 aromatic heterocycles. The topological polar surface area (TPSA) is 191 Å². The van der Waals surface area contributed by atoms with E-state index < -0.39 is 70.2 Å². The van der Waals surface area contributed by atoms with Crippen LogP contribution in [0.1, 0.15) is 70.1 Å². The van der Waals surface area contributed by atoms with Gasteiger partial charge in [-0.15, -0.1) is 0 Å². The average molecular weight is 639 g/mol. The molecule has 1 saturated heterocycles. The van der Waals surface area contributed by atoms with E-state index in [-0.39, 0.29) is 12.4 Å². The molecule has 1 fully saturated rings. The molecular weight excluding hydrogens is 596 g/mol. The lowest BCUT2D eigenvalue weighted by Crippen LogP contribution is -2.37. The first-order valence-electron chi connectivity index (χ1n) is 14.9. The number of aliphatic hydroxyl groups is 2. The van der Waals surface area contributed by atoms with Crippen molar-refractivity contribution >= 4 is 21.9 Å². The zero-order chi connectivity index (χ0) is 32.1. The molecule has 14 heteroatoms. The average Bonchev–Trinajstić information content (AvgIpc) is 3.26. The van der Waals surface area contributed by atoms with Gasteiger partial charge in [0.25, 0.3) is 15.7 Å². The normalized spacial score (nSPS) is 20.8. The van der Waals surface area contributed by atoms with Crippen LogP contribution < -0.4 is 11.2 Å². The van der Waals surface area contributed by atoms with Crippen molar-refractivity contribution < 1.29 is 41.9 Å². The summed E-state index contributed by atoms with van der Waals surface area (Å²) in [6, 6.07) is 10.3. The Balaban J connectivity index is 1.50. The van der Waals surface area contributed by atoms with Crippen LogP contribution in [0.3, 0.4) is 0 Å². The number of Topliss-reactive ketones (excluding diaryl/α,β-unsaturated/α-hetero) is 1. The van der Waals surface area contributed by atoms with E-state index in [1.54, 1.807) is 0 Å². The number of unbranched alkanes of at least 4 members (excludes halogenated alkanes) is 6. The zero-order valence-corrected chi connectivity index (χ0v) is 25.7. The number of nitrogens with one attached hydrogen (secondary N) is 1. The fourth-order valence-electron chi connectivity index (χ4n) is 4.94. The first-order chi connectivity index (χ1) is 21.0. The van der Waals surface area contributed by atoms with E-state index in [2.05, 4.69) is 6.92 Å². The summed E-state index contributed by atoms with van der Waals surface area (Å²) in [4.78, 5) is 50.8. The molecule has 1 aliphatic heterocycles.